The van der Waals surface area contributed by atoms with Crippen LogP contribution in [0.1, 0.15) is 25.7 Å². The lowest BCUT2D eigenvalue weighted by Crippen LogP contribution is -2.15. The number of ether oxygens (including phenoxy) is 10. The highest BCUT2D eigenvalue weighted by Crippen LogP contribution is 2.12. The zero-order chi connectivity index (χ0) is 31.8. The number of carbonyl (C=O) groups excluding carboxylic acids is 1. The van der Waals surface area contributed by atoms with E-state index in [9.17, 15) is 9.59 Å². The van der Waals surface area contributed by atoms with Gasteiger partial charge in [0.25, 0.3) is 0 Å². The molecule has 0 aromatic heterocycles. The van der Waals surface area contributed by atoms with E-state index in [-0.39, 0.29) is 32.0 Å². The van der Waals surface area contributed by atoms with Crippen LogP contribution >= 0.6 is 0 Å². The van der Waals surface area contributed by atoms with Crippen molar-refractivity contribution in [2.24, 2.45) is 0 Å². The normalized spacial score (nSPS) is 11.1. The Hall–Kier alpha value is -2.56. The molecule has 0 spiro atoms. The maximum atomic E-state index is 11.5. The number of hydrogen-bond donors (Lipinski definition) is 2. The van der Waals surface area contributed by atoms with Gasteiger partial charge in [-0.05, 0) is 37.1 Å². The maximum Gasteiger partial charge on any atom is 0.305 e. The summed E-state index contributed by atoms with van der Waals surface area (Å²) in [6, 6.07) is 7.23. The minimum absolute atomic E-state index is 0.0602. The van der Waals surface area contributed by atoms with Gasteiger partial charge >= 0.3 is 11.9 Å². The monoisotopic (exact) mass is 633 g/mol. The number of carboxylic acid groups (broad SMARTS) is 1. The first-order chi connectivity index (χ1) is 21.6. The molecule has 0 radical (unpaired) electrons. The highest BCUT2D eigenvalue weighted by atomic mass is 16.6. The minimum atomic E-state index is -0.863. The lowest BCUT2D eigenvalue weighted by atomic mass is 10.2. The van der Waals surface area contributed by atoms with Crippen LogP contribution in [0.25, 0.3) is 0 Å². The van der Waals surface area contributed by atoms with E-state index >= 15 is 0 Å². The second-order valence-electron chi connectivity index (χ2n) is 9.14. The van der Waals surface area contributed by atoms with Crippen molar-refractivity contribution in [1.29, 1.82) is 0 Å². The largest absolute Gasteiger partial charge is 0.491 e. The second-order valence-corrected chi connectivity index (χ2v) is 9.14. The van der Waals surface area contributed by atoms with E-state index in [1.165, 1.54) is 0 Å². The molecule has 0 aliphatic heterocycles. The second kappa shape index (κ2) is 30.5. The van der Waals surface area contributed by atoms with Crippen LogP contribution < -0.4 is 10.5 Å². The summed E-state index contributed by atoms with van der Waals surface area (Å²) in [7, 11) is 0. The maximum absolute atomic E-state index is 11.5. The van der Waals surface area contributed by atoms with Gasteiger partial charge in [0.1, 0.15) is 19.0 Å². The first-order valence-corrected chi connectivity index (χ1v) is 15.1. The number of carbonyl (C=O) groups is 2. The van der Waals surface area contributed by atoms with Crippen LogP contribution in [0.2, 0.25) is 0 Å². The lowest BCUT2D eigenvalue weighted by Gasteiger charge is -2.09. The van der Waals surface area contributed by atoms with E-state index in [2.05, 4.69) is 0 Å². The number of rotatable bonds is 33. The van der Waals surface area contributed by atoms with Gasteiger partial charge in [-0.15, -0.1) is 0 Å². The molecule has 1 aromatic carbocycles. The van der Waals surface area contributed by atoms with Crippen molar-refractivity contribution in [1.82, 2.24) is 0 Å². The SMILES string of the molecule is Nc1ccc(OCCOCCOCCOCCOCCOCCOCCOCCOCCOC(=O)CCCCC(=O)O)cc1. The van der Waals surface area contributed by atoms with Crippen molar-refractivity contribution in [3.63, 3.8) is 0 Å². The molecule has 0 amide bonds. The zero-order valence-electron chi connectivity index (χ0n) is 25.8. The Morgan fingerprint density at radius 2 is 0.841 bits per heavy atom. The van der Waals surface area contributed by atoms with E-state index in [1.54, 1.807) is 12.1 Å². The van der Waals surface area contributed by atoms with Gasteiger partial charge in [-0.3, -0.25) is 9.59 Å². The molecule has 254 valence electrons. The molecule has 3 N–H and O–H groups in total. The van der Waals surface area contributed by atoms with Crippen LogP contribution in [0.3, 0.4) is 0 Å². The topological polar surface area (TPSA) is 173 Å². The molecule has 14 nitrogen and oxygen atoms in total. The molecule has 0 fully saturated rings. The van der Waals surface area contributed by atoms with E-state index < -0.39 is 5.97 Å². The summed E-state index contributed by atoms with van der Waals surface area (Å²) in [6.45, 7) is 7.93. The quantitative estimate of drug-likeness (QED) is 0.0653. The summed E-state index contributed by atoms with van der Waals surface area (Å²) < 4.78 is 54.0. The van der Waals surface area contributed by atoms with Gasteiger partial charge in [-0.1, -0.05) is 0 Å². The Morgan fingerprint density at radius 3 is 1.23 bits per heavy atom. The molecular formula is C30H51NO13. The van der Waals surface area contributed by atoms with Crippen molar-refractivity contribution in [3.8, 4) is 5.75 Å². The number of anilines is 1. The van der Waals surface area contributed by atoms with Crippen molar-refractivity contribution in [2.45, 2.75) is 25.7 Å². The third-order valence-electron chi connectivity index (χ3n) is 5.49. The van der Waals surface area contributed by atoms with Crippen LogP contribution in [0, 0.1) is 0 Å². The number of esters is 1. The predicted octanol–water partition coefficient (Wildman–Crippen LogP) is 1.97. The molecule has 14 heteroatoms. The predicted molar refractivity (Wildman–Crippen MR) is 160 cm³/mol. The minimum Gasteiger partial charge on any atom is -0.491 e. The smallest absolute Gasteiger partial charge is 0.305 e. The first-order valence-electron chi connectivity index (χ1n) is 15.1. The number of nitrogens with two attached hydrogens (primary N) is 1. The first kappa shape index (κ1) is 39.5. The molecule has 1 aromatic rings. The molecular weight excluding hydrogens is 582 g/mol. The molecule has 0 aliphatic rings. The van der Waals surface area contributed by atoms with E-state index in [4.69, 9.17) is 58.2 Å². The van der Waals surface area contributed by atoms with Crippen molar-refractivity contribution >= 4 is 17.6 Å². The van der Waals surface area contributed by atoms with Gasteiger partial charge in [-0.25, -0.2) is 0 Å². The van der Waals surface area contributed by atoms with Gasteiger partial charge in [0, 0.05) is 18.5 Å². The summed E-state index contributed by atoms with van der Waals surface area (Å²) in [5, 5.41) is 8.54. The lowest BCUT2D eigenvalue weighted by molar-refractivity contribution is -0.146. The van der Waals surface area contributed by atoms with Gasteiger partial charge in [0.05, 0.1) is 106 Å². The Balaban J connectivity index is 1.66. The summed E-state index contributed by atoms with van der Waals surface area (Å²) >= 11 is 0. The highest BCUT2D eigenvalue weighted by molar-refractivity contribution is 5.69. The summed E-state index contributed by atoms with van der Waals surface area (Å²) in [5.74, 6) is -0.447. The third kappa shape index (κ3) is 28.2. The van der Waals surface area contributed by atoms with Crippen LogP contribution in [0.5, 0.6) is 5.75 Å². The Kier molecular flexibility index (Phi) is 27.3. The molecule has 0 heterocycles. The number of hydrogen-bond acceptors (Lipinski definition) is 13. The van der Waals surface area contributed by atoms with Crippen molar-refractivity contribution in [3.05, 3.63) is 24.3 Å². The van der Waals surface area contributed by atoms with Crippen LogP contribution in [-0.4, -0.2) is 136 Å². The molecule has 0 bridgehead atoms. The molecule has 0 atom stereocenters. The Morgan fingerprint density at radius 1 is 0.500 bits per heavy atom. The van der Waals surface area contributed by atoms with Crippen LogP contribution in [0.4, 0.5) is 5.69 Å². The summed E-state index contributed by atoms with van der Waals surface area (Å²) in [6.07, 6.45) is 1.24. The standard InChI is InChI=1S/C30H51NO13/c31-27-5-7-28(8-6-27)43-25-23-41-21-19-39-17-15-37-13-11-35-9-10-36-12-14-38-16-18-40-20-22-42-24-26-44-30(34)4-2-1-3-29(32)33/h5-8H,1-4,9-26,31H2,(H,32,33). The zero-order valence-corrected chi connectivity index (χ0v) is 25.8. The van der Waals surface area contributed by atoms with Crippen LogP contribution in [-0.2, 0) is 52.2 Å². The highest BCUT2D eigenvalue weighted by Gasteiger charge is 2.04. The summed E-state index contributed by atoms with van der Waals surface area (Å²) in [5.41, 5.74) is 6.33. The van der Waals surface area contributed by atoms with Gasteiger partial charge in [0.2, 0.25) is 0 Å². The number of aliphatic carboxylic acids is 1. The molecule has 0 saturated carbocycles. The average molecular weight is 634 g/mol. The fourth-order valence-electron chi connectivity index (χ4n) is 3.26. The Bertz CT molecular complexity index is 798. The molecule has 0 aliphatic carbocycles. The fourth-order valence-corrected chi connectivity index (χ4v) is 3.26. The summed E-state index contributed by atoms with van der Waals surface area (Å²) in [4.78, 5) is 21.9. The molecule has 0 unspecified atom stereocenters. The van der Waals surface area contributed by atoms with E-state index in [0.717, 1.165) is 5.75 Å². The Labute approximate surface area is 260 Å². The molecule has 1 rings (SSSR count). The average Bonchev–Trinajstić information content (AvgIpc) is 3.01. The van der Waals surface area contributed by atoms with Gasteiger partial charge in [0.15, 0.2) is 0 Å². The van der Waals surface area contributed by atoms with Crippen molar-refractivity contribution < 1.29 is 62.1 Å². The number of carboxylic acids is 1. The molecule has 0 saturated heterocycles. The van der Waals surface area contributed by atoms with Gasteiger partial charge in [-0.2, -0.15) is 0 Å². The van der Waals surface area contributed by atoms with Gasteiger partial charge < -0.3 is 58.2 Å². The van der Waals surface area contributed by atoms with E-state index in [0.29, 0.717) is 124 Å². The molecule has 44 heavy (non-hydrogen) atoms. The van der Waals surface area contributed by atoms with E-state index in [1.807, 2.05) is 12.1 Å². The third-order valence-corrected chi connectivity index (χ3v) is 5.49. The van der Waals surface area contributed by atoms with Crippen LogP contribution in [0.15, 0.2) is 24.3 Å². The van der Waals surface area contributed by atoms with Crippen molar-refractivity contribution in [2.75, 3.05) is 125 Å². The number of benzene rings is 1. The number of unbranched alkanes of at least 4 members (excludes halogenated alkanes) is 1. The number of nitrogen functional groups attached to an aromatic ring is 1. The fraction of sp³-hybridized carbons (Fsp3) is 0.733.